The van der Waals surface area contributed by atoms with Gasteiger partial charge in [-0.1, -0.05) is 0 Å². The Morgan fingerprint density at radius 3 is 2.40 bits per heavy atom. The fourth-order valence-electron chi connectivity index (χ4n) is 2.83. The van der Waals surface area contributed by atoms with Gasteiger partial charge in [-0.25, -0.2) is 8.42 Å². The van der Waals surface area contributed by atoms with Crippen LogP contribution in [-0.2, 0) is 21.9 Å². The summed E-state index contributed by atoms with van der Waals surface area (Å²) in [7, 11) is -2.02. The van der Waals surface area contributed by atoms with Gasteiger partial charge >= 0.3 is 5.97 Å². The van der Waals surface area contributed by atoms with Crippen LogP contribution < -0.4 is 0 Å². The molecular formula is C12H19N3O4S. The van der Waals surface area contributed by atoms with Gasteiger partial charge in [0.25, 0.3) is 0 Å². The predicted molar refractivity (Wildman–Crippen MR) is 71.8 cm³/mol. The molecule has 8 heteroatoms. The third-order valence-corrected chi connectivity index (χ3v) is 6.26. The largest absolute Gasteiger partial charge is 0.481 e. The Morgan fingerprint density at radius 1 is 1.40 bits per heavy atom. The lowest BCUT2D eigenvalue weighted by molar-refractivity contribution is -0.142. The van der Waals surface area contributed by atoms with Gasteiger partial charge in [0.2, 0.25) is 10.0 Å². The minimum Gasteiger partial charge on any atom is -0.481 e. The number of carboxylic acids is 1. The van der Waals surface area contributed by atoms with Gasteiger partial charge in [-0.15, -0.1) is 0 Å². The average molecular weight is 301 g/mol. The Balaban J connectivity index is 2.44. The van der Waals surface area contributed by atoms with Crippen LogP contribution in [0, 0.1) is 19.8 Å². The molecule has 0 spiro atoms. The number of nitrogens with zero attached hydrogens (tertiary/aromatic N) is 3. The number of carboxylic acid groups (broad SMARTS) is 1. The van der Waals surface area contributed by atoms with Crippen molar-refractivity contribution in [3.05, 3.63) is 11.4 Å². The summed E-state index contributed by atoms with van der Waals surface area (Å²) in [5.74, 6) is -1.60. The van der Waals surface area contributed by atoms with E-state index in [-0.39, 0.29) is 11.4 Å². The Bertz CT molecular complexity index is 650. The van der Waals surface area contributed by atoms with Crippen molar-refractivity contribution in [2.24, 2.45) is 13.0 Å². The van der Waals surface area contributed by atoms with Gasteiger partial charge in [-0.3, -0.25) is 9.48 Å². The molecule has 1 saturated heterocycles. The number of hydrogen-bond acceptors (Lipinski definition) is 4. The maximum Gasteiger partial charge on any atom is 0.308 e. The first kappa shape index (κ1) is 15.0. The van der Waals surface area contributed by atoms with Crippen LogP contribution in [0.4, 0.5) is 0 Å². The molecule has 1 fully saturated rings. The molecule has 20 heavy (non-hydrogen) atoms. The zero-order chi connectivity index (χ0) is 15.2. The molecule has 0 aliphatic carbocycles. The van der Waals surface area contributed by atoms with Crippen LogP contribution in [0.1, 0.15) is 24.7 Å². The number of hydrogen-bond donors (Lipinski definition) is 1. The normalized spacial score (nSPS) is 24.2. The zero-order valence-corrected chi connectivity index (χ0v) is 12.8. The number of aromatic nitrogens is 2. The maximum absolute atomic E-state index is 12.7. The second-order valence-electron chi connectivity index (χ2n) is 5.21. The monoisotopic (exact) mass is 301 g/mol. The first-order chi connectivity index (χ1) is 9.17. The third kappa shape index (κ3) is 2.12. The van der Waals surface area contributed by atoms with Crippen LogP contribution >= 0.6 is 0 Å². The molecule has 2 heterocycles. The number of carbonyl (C=O) groups is 1. The van der Waals surface area contributed by atoms with Gasteiger partial charge in [0, 0.05) is 19.6 Å². The molecule has 112 valence electrons. The lowest BCUT2D eigenvalue weighted by Crippen LogP contribution is -2.38. The van der Waals surface area contributed by atoms with E-state index in [1.54, 1.807) is 27.8 Å². The van der Waals surface area contributed by atoms with E-state index in [2.05, 4.69) is 5.10 Å². The highest BCUT2D eigenvalue weighted by Gasteiger charge is 2.43. The van der Waals surface area contributed by atoms with Crippen LogP contribution in [0.15, 0.2) is 4.90 Å². The van der Waals surface area contributed by atoms with Gasteiger partial charge in [0.15, 0.2) is 0 Å². The number of aryl methyl sites for hydroxylation is 2. The van der Waals surface area contributed by atoms with Crippen LogP contribution in [0.3, 0.4) is 0 Å². The third-order valence-electron chi connectivity index (χ3n) is 4.02. The SMILES string of the molecule is Cc1nn(C)c(C)c1S(=O)(=O)N1CCC(C(=O)O)C1C. The summed E-state index contributed by atoms with van der Waals surface area (Å²) in [5, 5.41) is 13.2. The minimum absolute atomic E-state index is 0.192. The van der Waals surface area contributed by atoms with Gasteiger partial charge in [0.05, 0.1) is 17.3 Å². The van der Waals surface area contributed by atoms with Gasteiger partial charge < -0.3 is 5.11 Å². The molecule has 1 aliphatic rings. The van der Waals surface area contributed by atoms with Crippen LogP contribution in [0.5, 0.6) is 0 Å². The molecule has 2 atom stereocenters. The van der Waals surface area contributed by atoms with E-state index in [0.717, 1.165) is 0 Å². The fraction of sp³-hybridized carbons (Fsp3) is 0.667. The van der Waals surface area contributed by atoms with Crippen molar-refractivity contribution in [3.63, 3.8) is 0 Å². The zero-order valence-electron chi connectivity index (χ0n) is 12.0. The Hall–Kier alpha value is -1.41. The molecule has 0 aromatic carbocycles. The molecule has 7 nitrogen and oxygen atoms in total. The first-order valence-corrected chi connectivity index (χ1v) is 7.86. The van der Waals surface area contributed by atoms with Gasteiger partial charge in [-0.05, 0) is 27.2 Å². The summed E-state index contributed by atoms with van der Waals surface area (Å²) >= 11 is 0. The van der Waals surface area contributed by atoms with Crippen molar-refractivity contribution < 1.29 is 18.3 Å². The topological polar surface area (TPSA) is 92.5 Å². The second kappa shape index (κ2) is 4.85. The standard InChI is InChI=1S/C12H19N3O4S/c1-7-11(9(3)14(4)13-7)20(18,19)15-6-5-10(8(15)2)12(16)17/h8,10H,5-6H2,1-4H3,(H,16,17). The molecule has 1 aliphatic heterocycles. The van der Waals surface area contributed by atoms with Crippen molar-refractivity contribution in [1.82, 2.24) is 14.1 Å². The highest BCUT2D eigenvalue weighted by atomic mass is 32.2. The Morgan fingerprint density at radius 2 is 2.00 bits per heavy atom. The van der Waals surface area contributed by atoms with Crippen LogP contribution in [-0.4, -0.2) is 46.2 Å². The fourth-order valence-corrected chi connectivity index (χ4v) is 4.91. The van der Waals surface area contributed by atoms with E-state index in [0.29, 0.717) is 17.8 Å². The van der Waals surface area contributed by atoms with Gasteiger partial charge in [0.1, 0.15) is 4.90 Å². The number of rotatable bonds is 3. The average Bonchev–Trinajstić information content (AvgIpc) is 2.81. The molecule has 0 amide bonds. The highest BCUT2D eigenvalue weighted by Crippen LogP contribution is 2.32. The Kier molecular flexibility index (Phi) is 3.64. The summed E-state index contributed by atoms with van der Waals surface area (Å²) in [6, 6.07) is -0.545. The van der Waals surface area contributed by atoms with E-state index >= 15 is 0 Å². The minimum atomic E-state index is -3.71. The summed E-state index contributed by atoms with van der Waals surface area (Å²) in [5.41, 5.74) is 1.00. The molecule has 1 N–H and O–H groups in total. The van der Waals surface area contributed by atoms with Crippen LogP contribution in [0.2, 0.25) is 0 Å². The van der Waals surface area contributed by atoms with Crippen molar-refractivity contribution in [3.8, 4) is 0 Å². The molecule has 0 bridgehead atoms. The lowest BCUT2D eigenvalue weighted by atomic mass is 10.0. The number of sulfonamides is 1. The van der Waals surface area contributed by atoms with Crippen molar-refractivity contribution in [1.29, 1.82) is 0 Å². The van der Waals surface area contributed by atoms with Crippen LogP contribution in [0.25, 0.3) is 0 Å². The molecule has 1 aromatic heterocycles. The van der Waals surface area contributed by atoms with E-state index in [9.17, 15) is 13.2 Å². The Labute approximate surface area is 118 Å². The maximum atomic E-state index is 12.7. The molecular weight excluding hydrogens is 282 g/mol. The number of aliphatic carboxylic acids is 1. The smallest absolute Gasteiger partial charge is 0.308 e. The highest BCUT2D eigenvalue weighted by molar-refractivity contribution is 7.89. The first-order valence-electron chi connectivity index (χ1n) is 6.42. The molecule has 2 rings (SSSR count). The molecule has 1 aromatic rings. The van der Waals surface area contributed by atoms with E-state index < -0.39 is 28.0 Å². The van der Waals surface area contributed by atoms with Crippen molar-refractivity contribution >= 4 is 16.0 Å². The quantitative estimate of drug-likeness (QED) is 0.878. The molecule has 0 saturated carbocycles. The lowest BCUT2D eigenvalue weighted by Gasteiger charge is -2.22. The van der Waals surface area contributed by atoms with E-state index in [4.69, 9.17) is 5.11 Å². The summed E-state index contributed by atoms with van der Waals surface area (Å²) in [6.45, 7) is 5.22. The molecule has 2 unspecified atom stereocenters. The van der Waals surface area contributed by atoms with E-state index in [1.807, 2.05) is 0 Å². The van der Waals surface area contributed by atoms with E-state index in [1.165, 1.54) is 8.99 Å². The molecule has 0 radical (unpaired) electrons. The summed E-state index contributed by atoms with van der Waals surface area (Å²) < 4.78 is 28.3. The summed E-state index contributed by atoms with van der Waals surface area (Å²) in [6.07, 6.45) is 0.341. The predicted octanol–water partition coefficient (Wildman–Crippen LogP) is 0.521. The summed E-state index contributed by atoms with van der Waals surface area (Å²) in [4.78, 5) is 11.3. The van der Waals surface area contributed by atoms with Crippen molar-refractivity contribution in [2.45, 2.75) is 38.1 Å². The van der Waals surface area contributed by atoms with Crippen molar-refractivity contribution in [2.75, 3.05) is 6.54 Å². The second-order valence-corrected chi connectivity index (χ2v) is 7.04. The van der Waals surface area contributed by atoms with Gasteiger partial charge in [-0.2, -0.15) is 9.40 Å².